The summed E-state index contributed by atoms with van der Waals surface area (Å²) in [6.45, 7) is 2.13. The molecule has 3 atom stereocenters. The molecule has 2 aliphatic rings. The van der Waals surface area contributed by atoms with Crippen LogP contribution in [0.15, 0.2) is 48.7 Å². The molecule has 1 saturated carbocycles. The van der Waals surface area contributed by atoms with Crippen molar-refractivity contribution in [1.82, 2.24) is 10.3 Å². The molecule has 1 fully saturated rings. The number of aromatic nitrogens is 1. The number of anilines is 1. The van der Waals surface area contributed by atoms with Gasteiger partial charge in [-0.05, 0) is 24.3 Å². The van der Waals surface area contributed by atoms with Crippen molar-refractivity contribution < 1.29 is 14.4 Å². The number of carbonyl (C=O) groups is 3. The normalized spacial score (nSPS) is 26.2. The van der Waals surface area contributed by atoms with Crippen LogP contribution < -0.4 is 10.6 Å². The lowest BCUT2D eigenvalue weighted by Crippen LogP contribution is -2.31. The lowest BCUT2D eigenvalue weighted by atomic mass is 9.92. The number of carbonyl (C=O) groups excluding carboxylic acids is 3. The van der Waals surface area contributed by atoms with Crippen molar-refractivity contribution in [1.29, 1.82) is 0 Å². The van der Waals surface area contributed by atoms with E-state index in [4.69, 9.17) is 0 Å². The SMILES string of the molecule is C[C@]12C(=O)c3ccccc3NC(=O)[C@@H]1[C@H]2C(=O)NCCc1ccccn1. The monoisotopic (exact) mass is 349 g/mol. The highest BCUT2D eigenvalue weighted by atomic mass is 16.2. The van der Waals surface area contributed by atoms with Crippen molar-refractivity contribution in [2.75, 3.05) is 11.9 Å². The number of hydrogen-bond acceptors (Lipinski definition) is 4. The first kappa shape index (κ1) is 16.4. The van der Waals surface area contributed by atoms with E-state index in [0.717, 1.165) is 5.69 Å². The summed E-state index contributed by atoms with van der Waals surface area (Å²) in [4.78, 5) is 42.3. The zero-order valence-electron chi connectivity index (χ0n) is 14.4. The Hall–Kier alpha value is -3.02. The zero-order valence-corrected chi connectivity index (χ0v) is 14.4. The predicted molar refractivity (Wildman–Crippen MR) is 95.4 cm³/mol. The fourth-order valence-electron chi connectivity index (χ4n) is 3.90. The molecular weight excluding hydrogens is 330 g/mol. The standard InChI is InChI=1S/C20H19N3O3/c1-20-15(18(25)22-11-9-12-6-4-5-10-21-12)16(20)19(26)23-14-8-3-2-7-13(14)17(20)24/h2-8,10,15-16H,9,11H2,1H3,(H,22,25)(H,23,26)/t15-,16-,20+/m0/s1. The number of fused-ring (bicyclic) bond motifs is 2. The van der Waals surface area contributed by atoms with Gasteiger partial charge in [0.25, 0.3) is 0 Å². The largest absolute Gasteiger partial charge is 0.355 e. The summed E-state index contributed by atoms with van der Waals surface area (Å²) in [5.74, 6) is -1.93. The average molecular weight is 349 g/mol. The molecule has 0 saturated heterocycles. The second-order valence-electron chi connectivity index (χ2n) is 6.96. The highest BCUT2D eigenvalue weighted by Crippen LogP contribution is 2.62. The minimum Gasteiger partial charge on any atom is -0.355 e. The quantitative estimate of drug-likeness (QED) is 0.881. The molecule has 26 heavy (non-hydrogen) atoms. The van der Waals surface area contributed by atoms with Gasteiger partial charge in [-0.25, -0.2) is 0 Å². The number of amides is 2. The van der Waals surface area contributed by atoms with Crippen LogP contribution >= 0.6 is 0 Å². The second-order valence-corrected chi connectivity index (χ2v) is 6.96. The van der Waals surface area contributed by atoms with E-state index in [0.29, 0.717) is 24.2 Å². The van der Waals surface area contributed by atoms with Gasteiger partial charge in [0.2, 0.25) is 11.8 Å². The van der Waals surface area contributed by atoms with Crippen LogP contribution in [0, 0.1) is 17.3 Å². The molecule has 1 aromatic carbocycles. The van der Waals surface area contributed by atoms with Gasteiger partial charge in [0.15, 0.2) is 5.78 Å². The first-order valence-electron chi connectivity index (χ1n) is 8.66. The van der Waals surface area contributed by atoms with Crippen LogP contribution in [0.4, 0.5) is 5.69 Å². The van der Waals surface area contributed by atoms with Crippen molar-refractivity contribution >= 4 is 23.3 Å². The third kappa shape index (κ3) is 2.49. The number of ketones is 1. The van der Waals surface area contributed by atoms with E-state index in [1.807, 2.05) is 18.2 Å². The second kappa shape index (κ2) is 6.05. The lowest BCUT2D eigenvalue weighted by molar-refractivity contribution is -0.125. The summed E-state index contributed by atoms with van der Waals surface area (Å²) in [7, 11) is 0. The number of benzene rings is 1. The summed E-state index contributed by atoms with van der Waals surface area (Å²) in [5, 5.41) is 5.64. The Morgan fingerprint density at radius 2 is 1.96 bits per heavy atom. The van der Waals surface area contributed by atoms with Gasteiger partial charge in [0.1, 0.15) is 0 Å². The Morgan fingerprint density at radius 3 is 2.73 bits per heavy atom. The predicted octanol–water partition coefficient (Wildman–Crippen LogP) is 1.83. The van der Waals surface area contributed by atoms with Crippen molar-refractivity contribution in [3.63, 3.8) is 0 Å². The molecule has 0 spiro atoms. The van der Waals surface area contributed by atoms with Gasteiger partial charge in [-0.3, -0.25) is 19.4 Å². The minimum atomic E-state index is -0.980. The van der Waals surface area contributed by atoms with Crippen molar-refractivity contribution in [3.8, 4) is 0 Å². The van der Waals surface area contributed by atoms with E-state index >= 15 is 0 Å². The minimum absolute atomic E-state index is 0.152. The van der Waals surface area contributed by atoms with Crippen molar-refractivity contribution in [2.45, 2.75) is 13.3 Å². The first-order valence-corrected chi connectivity index (χ1v) is 8.66. The third-order valence-corrected chi connectivity index (χ3v) is 5.41. The van der Waals surface area contributed by atoms with Crippen LogP contribution in [-0.2, 0) is 16.0 Å². The molecular formula is C20H19N3O3. The summed E-state index contributed by atoms with van der Waals surface area (Å²) in [5.41, 5.74) is 0.887. The zero-order chi connectivity index (χ0) is 18.3. The fraction of sp³-hybridized carbons (Fsp3) is 0.300. The molecule has 0 bridgehead atoms. The lowest BCUT2D eigenvalue weighted by Gasteiger charge is -2.12. The van der Waals surface area contributed by atoms with Crippen LogP contribution in [0.5, 0.6) is 0 Å². The number of hydrogen-bond donors (Lipinski definition) is 2. The summed E-state index contributed by atoms with van der Waals surface area (Å²) in [6, 6.07) is 12.6. The van der Waals surface area contributed by atoms with Gasteiger partial charge in [-0.15, -0.1) is 0 Å². The Labute approximate surface area is 151 Å². The van der Waals surface area contributed by atoms with Gasteiger partial charge < -0.3 is 10.6 Å². The first-order chi connectivity index (χ1) is 12.5. The highest BCUT2D eigenvalue weighted by Gasteiger charge is 2.73. The van der Waals surface area contributed by atoms with Gasteiger partial charge >= 0.3 is 0 Å². The van der Waals surface area contributed by atoms with E-state index in [9.17, 15) is 14.4 Å². The van der Waals surface area contributed by atoms with E-state index < -0.39 is 17.3 Å². The maximum atomic E-state index is 13.0. The average Bonchev–Trinajstić information content (AvgIpc) is 3.30. The van der Waals surface area contributed by atoms with E-state index in [2.05, 4.69) is 15.6 Å². The maximum Gasteiger partial charge on any atom is 0.229 e. The Kier molecular flexibility index (Phi) is 3.83. The number of rotatable bonds is 4. The molecule has 2 amide bonds. The van der Waals surface area contributed by atoms with E-state index in [-0.39, 0.29) is 17.6 Å². The van der Waals surface area contributed by atoms with Crippen LogP contribution in [-0.4, -0.2) is 29.1 Å². The number of Topliss-reactive ketones (excluding diaryl/α,β-unsaturated/α-hetero) is 1. The summed E-state index contributed by atoms with van der Waals surface area (Å²) >= 11 is 0. The molecule has 1 aromatic heterocycles. The number of pyridine rings is 1. The van der Waals surface area contributed by atoms with Crippen molar-refractivity contribution in [2.24, 2.45) is 17.3 Å². The van der Waals surface area contributed by atoms with E-state index in [1.165, 1.54) is 0 Å². The molecule has 0 unspecified atom stereocenters. The van der Waals surface area contributed by atoms with Gasteiger partial charge in [0.05, 0.1) is 22.9 Å². The summed E-state index contributed by atoms with van der Waals surface area (Å²) in [6.07, 6.45) is 2.31. The number of nitrogens with zero attached hydrogens (tertiary/aromatic N) is 1. The Morgan fingerprint density at radius 1 is 1.19 bits per heavy atom. The van der Waals surface area contributed by atoms with E-state index in [1.54, 1.807) is 37.4 Å². The number of nitrogens with one attached hydrogen (secondary N) is 2. The Balaban J connectivity index is 1.48. The van der Waals surface area contributed by atoms with Crippen LogP contribution in [0.3, 0.4) is 0 Å². The molecule has 6 nitrogen and oxygen atoms in total. The van der Waals surface area contributed by atoms with Crippen LogP contribution in [0.1, 0.15) is 23.0 Å². The smallest absolute Gasteiger partial charge is 0.229 e. The third-order valence-electron chi connectivity index (χ3n) is 5.41. The number of para-hydroxylation sites is 1. The molecule has 132 valence electrons. The van der Waals surface area contributed by atoms with Crippen molar-refractivity contribution in [3.05, 3.63) is 59.9 Å². The molecule has 1 aliphatic heterocycles. The van der Waals surface area contributed by atoms with Crippen LogP contribution in [0.2, 0.25) is 0 Å². The molecule has 0 radical (unpaired) electrons. The van der Waals surface area contributed by atoms with Gasteiger partial charge in [0, 0.05) is 30.4 Å². The fourth-order valence-corrected chi connectivity index (χ4v) is 3.90. The maximum absolute atomic E-state index is 13.0. The summed E-state index contributed by atoms with van der Waals surface area (Å²) < 4.78 is 0. The molecule has 4 rings (SSSR count). The Bertz CT molecular complexity index is 896. The molecule has 2 aromatic rings. The molecule has 1 aliphatic carbocycles. The van der Waals surface area contributed by atoms with Gasteiger partial charge in [-0.1, -0.05) is 25.1 Å². The topological polar surface area (TPSA) is 88.2 Å². The van der Waals surface area contributed by atoms with Crippen LogP contribution in [0.25, 0.3) is 0 Å². The van der Waals surface area contributed by atoms with Gasteiger partial charge in [-0.2, -0.15) is 0 Å². The molecule has 2 heterocycles. The molecule has 6 heteroatoms. The highest BCUT2D eigenvalue weighted by molar-refractivity contribution is 6.19. The molecule has 2 N–H and O–H groups in total.